The van der Waals surface area contributed by atoms with E-state index in [1.807, 2.05) is 31.2 Å². The van der Waals surface area contributed by atoms with Gasteiger partial charge in [-0.2, -0.15) is 0 Å². The molecule has 3 aromatic rings. The number of amides is 1. The predicted octanol–water partition coefficient (Wildman–Crippen LogP) is 4.60. The Morgan fingerprint density at radius 1 is 1.00 bits per heavy atom. The fourth-order valence-corrected chi connectivity index (χ4v) is 5.09. The average Bonchev–Trinajstić information content (AvgIpc) is 3.32. The zero-order chi connectivity index (χ0) is 24.8. The van der Waals surface area contributed by atoms with Gasteiger partial charge in [0.15, 0.2) is 11.5 Å². The first-order valence-electron chi connectivity index (χ1n) is 11.7. The number of hydrogen-bond acceptors (Lipinski definition) is 6. The molecule has 1 N–H and O–H groups in total. The van der Waals surface area contributed by atoms with E-state index in [9.17, 15) is 13.2 Å². The minimum Gasteiger partial charge on any atom is -0.494 e. The van der Waals surface area contributed by atoms with E-state index in [2.05, 4.69) is 11.6 Å². The molecule has 3 aromatic carbocycles. The SMILES string of the molecule is CCCc1ccc(S(=O)(=O)NC(=O)C(Cc2ccccc2OCC)c2ccc3c(c2)OCO3)cc1. The summed E-state index contributed by atoms with van der Waals surface area (Å²) in [5.41, 5.74) is 2.46. The molecule has 0 aliphatic carbocycles. The normalized spacial score (nSPS) is 13.3. The third kappa shape index (κ3) is 5.77. The van der Waals surface area contributed by atoms with Crippen molar-refractivity contribution in [3.63, 3.8) is 0 Å². The maximum Gasteiger partial charge on any atom is 0.264 e. The summed E-state index contributed by atoms with van der Waals surface area (Å²) in [6.07, 6.45) is 2.06. The number of para-hydroxylation sites is 1. The Hall–Kier alpha value is -3.52. The summed E-state index contributed by atoms with van der Waals surface area (Å²) in [5.74, 6) is 0.325. The van der Waals surface area contributed by atoms with E-state index in [4.69, 9.17) is 14.2 Å². The van der Waals surface area contributed by atoms with Crippen LogP contribution >= 0.6 is 0 Å². The van der Waals surface area contributed by atoms with Crippen LogP contribution in [-0.4, -0.2) is 27.7 Å². The van der Waals surface area contributed by atoms with E-state index in [-0.39, 0.29) is 18.1 Å². The molecule has 0 spiro atoms. The second-order valence-corrected chi connectivity index (χ2v) is 9.96. The number of aryl methyl sites for hydroxylation is 1. The molecular formula is C27H29NO6S. The van der Waals surface area contributed by atoms with Gasteiger partial charge in [-0.3, -0.25) is 4.79 Å². The molecule has 8 heteroatoms. The Morgan fingerprint density at radius 2 is 1.74 bits per heavy atom. The highest BCUT2D eigenvalue weighted by Crippen LogP contribution is 2.36. The first-order chi connectivity index (χ1) is 16.9. The first-order valence-corrected chi connectivity index (χ1v) is 13.2. The van der Waals surface area contributed by atoms with Gasteiger partial charge < -0.3 is 14.2 Å². The minimum atomic E-state index is -4.06. The van der Waals surface area contributed by atoms with Crippen molar-refractivity contribution < 1.29 is 27.4 Å². The van der Waals surface area contributed by atoms with Gasteiger partial charge in [0.2, 0.25) is 12.7 Å². The number of carbonyl (C=O) groups is 1. The van der Waals surface area contributed by atoms with Crippen molar-refractivity contribution in [3.8, 4) is 17.2 Å². The molecule has 1 aliphatic rings. The van der Waals surface area contributed by atoms with Crippen molar-refractivity contribution in [2.45, 2.75) is 43.9 Å². The summed E-state index contributed by atoms with van der Waals surface area (Å²) in [6.45, 7) is 4.52. The topological polar surface area (TPSA) is 90.9 Å². The molecule has 0 saturated carbocycles. The predicted molar refractivity (Wildman–Crippen MR) is 132 cm³/mol. The van der Waals surface area contributed by atoms with Crippen LogP contribution in [-0.2, 0) is 27.7 Å². The van der Waals surface area contributed by atoms with E-state index in [0.29, 0.717) is 29.4 Å². The van der Waals surface area contributed by atoms with Crippen LogP contribution in [0.5, 0.6) is 17.2 Å². The number of nitrogens with one attached hydrogen (secondary N) is 1. The third-order valence-electron chi connectivity index (χ3n) is 5.82. The van der Waals surface area contributed by atoms with Crippen molar-refractivity contribution >= 4 is 15.9 Å². The number of rotatable bonds is 10. The van der Waals surface area contributed by atoms with Crippen LogP contribution in [0.4, 0.5) is 0 Å². The highest BCUT2D eigenvalue weighted by molar-refractivity contribution is 7.90. The summed E-state index contributed by atoms with van der Waals surface area (Å²) in [7, 11) is -4.06. The van der Waals surface area contributed by atoms with Crippen molar-refractivity contribution in [2.24, 2.45) is 0 Å². The van der Waals surface area contributed by atoms with Gasteiger partial charge in [-0.1, -0.05) is 49.7 Å². The molecule has 0 aromatic heterocycles. The van der Waals surface area contributed by atoms with Gasteiger partial charge in [0.05, 0.1) is 17.4 Å². The van der Waals surface area contributed by atoms with Crippen LogP contribution in [0.2, 0.25) is 0 Å². The van der Waals surface area contributed by atoms with Gasteiger partial charge in [0.1, 0.15) is 5.75 Å². The Bertz CT molecular complexity index is 1290. The lowest BCUT2D eigenvalue weighted by atomic mass is 9.90. The van der Waals surface area contributed by atoms with Crippen LogP contribution in [0, 0.1) is 0 Å². The number of fused-ring (bicyclic) bond motifs is 1. The number of sulfonamides is 1. The summed E-state index contributed by atoms with van der Waals surface area (Å²) < 4.78 is 45.0. The highest BCUT2D eigenvalue weighted by atomic mass is 32.2. The largest absolute Gasteiger partial charge is 0.494 e. The van der Waals surface area contributed by atoms with Crippen LogP contribution in [0.1, 0.15) is 42.9 Å². The quantitative estimate of drug-likeness (QED) is 0.442. The smallest absolute Gasteiger partial charge is 0.264 e. The molecule has 1 amide bonds. The fourth-order valence-electron chi connectivity index (χ4n) is 4.07. The number of ether oxygens (including phenoxy) is 3. The molecule has 0 bridgehead atoms. The summed E-state index contributed by atoms with van der Waals surface area (Å²) in [5, 5.41) is 0. The van der Waals surface area contributed by atoms with E-state index in [1.165, 1.54) is 12.1 Å². The van der Waals surface area contributed by atoms with Gasteiger partial charge in [-0.25, -0.2) is 13.1 Å². The third-order valence-corrected chi connectivity index (χ3v) is 7.18. The fraction of sp³-hybridized carbons (Fsp3) is 0.296. The van der Waals surface area contributed by atoms with Gasteiger partial charge in [-0.05, 0) is 66.8 Å². The molecule has 184 valence electrons. The molecule has 1 aliphatic heterocycles. The number of carbonyl (C=O) groups excluding carboxylic acids is 1. The number of hydrogen-bond donors (Lipinski definition) is 1. The van der Waals surface area contributed by atoms with Crippen LogP contribution in [0.15, 0.2) is 71.6 Å². The maximum absolute atomic E-state index is 13.5. The highest BCUT2D eigenvalue weighted by Gasteiger charge is 2.29. The van der Waals surface area contributed by atoms with Gasteiger partial charge in [-0.15, -0.1) is 0 Å². The molecule has 0 radical (unpaired) electrons. The Balaban J connectivity index is 1.64. The summed E-state index contributed by atoms with van der Waals surface area (Å²) >= 11 is 0. The maximum atomic E-state index is 13.5. The molecule has 1 atom stereocenters. The Labute approximate surface area is 206 Å². The summed E-state index contributed by atoms with van der Waals surface area (Å²) in [4.78, 5) is 13.5. The zero-order valence-corrected chi connectivity index (χ0v) is 20.6. The molecule has 0 fully saturated rings. The second-order valence-electron chi connectivity index (χ2n) is 8.27. The average molecular weight is 496 g/mol. The monoisotopic (exact) mass is 495 g/mol. The van der Waals surface area contributed by atoms with E-state index >= 15 is 0 Å². The molecule has 1 unspecified atom stereocenters. The van der Waals surface area contributed by atoms with Crippen molar-refractivity contribution in [1.82, 2.24) is 4.72 Å². The molecule has 0 saturated heterocycles. The van der Waals surface area contributed by atoms with Crippen molar-refractivity contribution in [3.05, 3.63) is 83.4 Å². The van der Waals surface area contributed by atoms with Gasteiger partial charge in [0.25, 0.3) is 10.0 Å². The van der Waals surface area contributed by atoms with Crippen LogP contribution in [0.25, 0.3) is 0 Å². The second kappa shape index (κ2) is 10.8. The zero-order valence-electron chi connectivity index (χ0n) is 19.8. The van der Waals surface area contributed by atoms with Crippen LogP contribution < -0.4 is 18.9 Å². The van der Waals surface area contributed by atoms with Crippen LogP contribution in [0.3, 0.4) is 0 Å². The van der Waals surface area contributed by atoms with E-state index < -0.39 is 21.8 Å². The Morgan fingerprint density at radius 3 is 2.49 bits per heavy atom. The molecule has 4 rings (SSSR count). The molecule has 7 nitrogen and oxygen atoms in total. The van der Waals surface area contributed by atoms with Gasteiger partial charge in [0, 0.05) is 0 Å². The molecular weight excluding hydrogens is 466 g/mol. The molecule has 1 heterocycles. The Kier molecular flexibility index (Phi) is 7.60. The lowest BCUT2D eigenvalue weighted by molar-refractivity contribution is -0.120. The van der Waals surface area contributed by atoms with Crippen molar-refractivity contribution in [1.29, 1.82) is 0 Å². The molecule has 35 heavy (non-hydrogen) atoms. The van der Waals surface area contributed by atoms with Gasteiger partial charge >= 0.3 is 0 Å². The van der Waals surface area contributed by atoms with E-state index in [1.54, 1.807) is 30.3 Å². The summed E-state index contributed by atoms with van der Waals surface area (Å²) in [6, 6.07) is 19.2. The van der Waals surface area contributed by atoms with Crippen molar-refractivity contribution in [2.75, 3.05) is 13.4 Å². The number of benzene rings is 3. The first kappa shape index (κ1) is 24.6. The van der Waals surface area contributed by atoms with E-state index in [0.717, 1.165) is 24.0 Å². The lowest BCUT2D eigenvalue weighted by Gasteiger charge is -2.19. The lowest BCUT2D eigenvalue weighted by Crippen LogP contribution is -2.35. The standard InChI is InChI=1S/C27H29NO6S/c1-3-7-19-10-13-22(14-11-19)35(30,31)28-27(29)23(16-21-8-5-6-9-24(21)32-4-2)20-12-15-25-26(17-20)34-18-33-25/h5-6,8-15,17,23H,3-4,7,16,18H2,1-2H3,(H,28,29). The minimum absolute atomic E-state index is 0.0462.